The zero-order chi connectivity index (χ0) is 13.1. The van der Waals surface area contributed by atoms with Gasteiger partial charge < -0.3 is 4.74 Å². The van der Waals surface area contributed by atoms with Gasteiger partial charge in [-0.25, -0.2) is 0 Å². The summed E-state index contributed by atoms with van der Waals surface area (Å²) in [5.41, 5.74) is -0.965. The Kier molecular flexibility index (Phi) is 4.79. The summed E-state index contributed by atoms with van der Waals surface area (Å²) in [6.45, 7) is 4.44. The van der Waals surface area contributed by atoms with E-state index in [2.05, 4.69) is 4.74 Å². The lowest BCUT2D eigenvalue weighted by Gasteiger charge is -2.22. The molecule has 0 rings (SSSR count). The zero-order valence-corrected chi connectivity index (χ0v) is 9.78. The van der Waals surface area contributed by atoms with Gasteiger partial charge in [0, 0.05) is 5.88 Å². The highest BCUT2D eigenvalue weighted by atomic mass is 35.5. The molecule has 0 aliphatic carbocycles. The third-order valence-electron chi connectivity index (χ3n) is 1.44. The van der Waals surface area contributed by atoms with Gasteiger partial charge in [0.2, 0.25) is 0 Å². The van der Waals surface area contributed by atoms with Crippen molar-refractivity contribution in [3.8, 4) is 0 Å². The number of halogens is 4. The predicted octanol–water partition coefficient (Wildman–Crippen LogP) is 2.31. The summed E-state index contributed by atoms with van der Waals surface area (Å²) < 4.78 is 40.9. The summed E-state index contributed by atoms with van der Waals surface area (Å²) in [5, 5.41) is 0. The Balaban J connectivity index is 4.76. The van der Waals surface area contributed by atoms with Crippen molar-refractivity contribution in [1.29, 1.82) is 0 Å². The number of rotatable bonds is 3. The summed E-state index contributed by atoms with van der Waals surface area (Å²) in [7, 11) is 0. The molecule has 0 aliphatic heterocycles. The van der Waals surface area contributed by atoms with Crippen LogP contribution in [0.3, 0.4) is 0 Å². The van der Waals surface area contributed by atoms with Crippen LogP contribution in [0.1, 0.15) is 20.8 Å². The average Bonchev–Trinajstić information content (AvgIpc) is 1.99. The molecule has 3 nitrogen and oxygen atoms in total. The van der Waals surface area contributed by atoms with Crippen LogP contribution in [0, 0.1) is 5.92 Å². The summed E-state index contributed by atoms with van der Waals surface area (Å²) >= 11 is 5.17. The second kappa shape index (κ2) is 5.03. The van der Waals surface area contributed by atoms with Crippen LogP contribution in [0.15, 0.2) is 0 Å². The van der Waals surface area contributed by atoms with E-state index in [-0.39, 0.29) is 0 Å². The molecule has 0 saturated heterocycles. The maximum atomic E-state index is 12.1. The molecule has 0 amide bonds. The standard InChI is InChI=1S/C9H12ClF3O3/c1-8(2,3)16-7(15)5(4-10)6(14)9(11,12)13/h5H,4H2,1-3H3. The fourth-order valence-electron chi connectivity index (χ4n) is 0.811. The Bertz CT molecular complexity index is 281. The molecule has 16 heavy (non-hydrogen) atoms. The number of carbonyl (C=O) groups excluding carboxylic acids is 2. The predicted molar refractivity (Wildman–Crippen MR) is 51.1 cm³/mol. The van der Waals surface area contributed by atoms with Crippen molar-refractivity contribution in [2.75, 3.05) is 5.88 Å². The lowest BCUT2D eigenvalue weighted by atomic mass is 10.1. The van der Waals surface area contributed by atoms with Gasteiger partial charge in [0.1, 0.15) is 11.5 Å². The second-order valence-electron chi connectivity index (χ2n) is 4.10. The zero-order valence-electron chi connectivity index (χ0n) is 9.02. The van der Waals surface area contributed by atoms with Crippen LogP contribution in [-0.4, -0.2) is 29.4 Å². The van der Waals surface area contributed by atoms with E-state index in [4.69, 9.17) is 11.6 Å². The van der Waals surface area contributed by atoms with E-state index in [9.17, 15) is 22.8 Å². The lowest BCUT2D eigenvalue weighted by molar-refractivity contribution is -0.183. The number of Topliss-reactive ketones (excluding diaryl/α,β-unsaturated/α-hetero) is 1. The molecule has 0 aromatic heterocycles. The summed E-state index contributed by atoms with van der Waals surface area (Å²) in [6, 6.07) is 0. The maximum Gasteiger partial charge on any atom is 0.450 e. The van der Waals surface area contributed by atoms with Crippen LogP contribution in [-0.2, 0) is 14.3 Å². The van der Waals surface area contributed by atoms with E-state index >= 15 is 0 Å². The molecule has 0 fully saturated rings. The Hall–Kier alpha value is -0.780. The van der Waals surface area contributed by atoms with Crippen molar-refractivity contribution < 1.29 is 27.5 Å². The number of alkyl halides is 4. The topological polar surface area (TPSA) is 43.4 Å². The lowest BCUT2D eigenvalue weighted by Crippen LogP contribution is -2.40. The molecule has 1 atom stereocenters. The number of ether oxygens (including phenoxy) is 1. The van der Waals surface area contributed by atoms with E-state index in [0.717, 1.165) is 0 Å². The van der Waals surface area contributed by atoms with Crippen molar-refractivity contribution >= 4 is 23.4 Å². The molecule has 94 valence electrons. The molecule has 0 aromatic rings. The molecular weight excluding hydrogens is 249 g/mol. The first-order chi connectivity index (χ1) is 6.99. The van der Waals surface area contributed by atoms with Gasteiger partial charge in [-0.3, -0.25) is 9.59 Å². The Morgan fingerprint density at radius 2 is 1.69 bits per heavy atom. The van der Waals surface area contributed by atoms with Crippen LogP contribution in [0.4, 0.5) is 13.2 Å². The molecule has 0 N–H and O–H groups in total. The van der Waals surface area contributed by atoms with Crippen molar-refractivity contribution in [2.45, 2.75) is 32.5 Å². The third kappa shape index (κ3) is 4.83. The Morgan fingerprint density at radius 3 is 1.94 bits per heavy atom. The van der Waals surface area contributed by atoms with Crippen molar-refractivity contribution in [1.82, 2.24) is 0 Å². The summed E-state index contributed by atoms with van der Waals surface area (Å²) in [6.07, 6.45) is -5.09. The highest BCUT2D eigenvalue weighted by Gasteiger charge is 2.47. The Labute approximate surface area is 95.9 Å². The van der Waals surface area contributed by atoms with Crippen molar-refractivity contribution in [3.63, 3.8) is 0 Å². The van der Waals surface area contributed by atoms with Gasteiger partial charge in [-0.1, -0.05) is 0 Å². The largest absolute Gasteiger partial charge is 0.459 e. The van der Waals surface area contributed by atoms with Gasteiger partial charge >= 0.3 is 12.1 Å². The highest BCUT2D eigenvalue weighted by molar-refractivity contribution is 6.22. The fraction of sp³-hybridized carbons (Fsp3) is 0.778. The minimum absolute atomic E-state index is 0.757. The smallest absolute Gasteiger partial charge is 0.450 e. The van der Waals surface area contributed by atoms with Gasteiger partial charge in [-0.2, -0.15) is 13.2 Å². The normalized spacial score (nSPS) is 14.4. The first kappa shape index (κ1) is 15.2. The SMILES string of the molecule is CC(C)(C)OC(=O)C(CCl)C(=O)C(F)(F)F. The fourth-order valence-corrected chi connectivity index (χ4v) is 1.08. The van der Waals surface area contributed by atoms with Gasteiger partial charge in [-0.15, -0.1) is 11.6 Å². The molecule has 0 radical (unpaired) electrons. The van der Waals surface area contributed by atoms with E-state index < -0.39 is 35.3 Å². The number of hydrogen-bond donors (Lipinski definition) is 0. The molecule has 0 heterocycles. The monoisotopic (exact) mass is 260 g/mol. The third-order valence-corrected chi connectivity index (χ3v) is 1.75. The second-order valence-corrected chi connectivity index (χ2v) is 4.41. The van der Waals surface area contributed by atoms with Crippen LogP contribution in [0.2, 0.25) is 0 Å². The van der Waals surface area contributed by atoms with E-state index in [0.29, 0.717) is 0 Å². The maximum absolute atomic E-state index is 12.1. The minimum atomic E-state index is -5.09. The van der Waals surface area contributed by atoms with Gasteiger partial charge in [-0.05, 0) is 20.8 Å². The molecule has 0 aromatic carbocycles. The summed E-state index contributed by atoms with van der Waals surface area (Å²) in [4.78, 5) is 22.1. The van der Waals surface area contributed by atoms with Crippen LogP contribution in [0.5, 0.6) is 0 Å². The molecule has 0 aliphatic rings. The van der Waals surface area contributed by atoms with Crippen molar-refractivity contribution in [3.05, 3.63) is 0 Å². The van der Waals surface area contributed by atoms with E-state index in [1.165, 1.54) is 20.8 Å². The van der Waals surface area contributed by atoms with Crippen molar-refractivity contribution in [2.24, 2.45) is 5.92 Å². The summed E-state index contributed by atoms with van der Waals surface area (Å²) in [5.74, 6) is -6.20. The first-order valence-electron chi connectivity index (χ1n) is 4.39. The quantitative estimate of drug-likeness (QED) is 0.444. The molecule has 1 unspecified atom stereocenters. The number of ketones is 1. The number of esters is 1. The average molecular weight is 261 g/mol. The minimum Gasteiger partial charge on any atom is -0.459 e. The molecule has 0 saturated carbocycles. The molecule has 7 heteroatoms. The first-order valence-corrected chi connectivity index (χ1v) is 4.92. The highest BCUT2D eigenvalue weighted by Crippen LogP contribution is 2.24. The van der Waals surface area contributed by atoms with Gasteiger partial charge in [0.25, 0.3) is 5.78 Å². The van der Waals surface area contributed by atoms with Crippen LogP contribution >= 0.6 is 11.6 Å². The number of carbonyl (C=O) groups is 2. The van der Waals surface area contributed by atoms with Crippen LogP contribution < -0.4 is 0 Å². The van der Waals surface area contributed by atoms with Gasteiger partial charge in [0.05, 0.1) is 0 Å². The molecule has 0 spiro atoms. The Morgan fingerprint density at radius 1 is 1.25 bits per heavy atom. The van der Waals surface area contributed by atoms with Crippen LogP contribution in [0.25, 0.3) is 0 Å². The van der Waals surface area contributed by atoms with Gasteiger partial charge in [0.15, 0.2) is 0 Å². The molecule has 0 bridgehead atoms. The van der Waals surface area contributed by atoms with E-state index in [1.807, 2.05) is 0 Å². The number of hydrogen-bond acceptors (Lipinski definition) is 3. The molecular formula is C9H12ClF3O3. The van der Waals surface area contributed by atoms with E-state index in [1.54, 1.807) is 0 Å².